The summed E-state index contributed by atoms with van der Waals surface area (Å²) in [5, 5.41) is 11.0. The lowest BCUT2D eigenvalue weighted by molar-refractivity contribution is -0.138. The second-order valence-electron chi connectivity index (χ2n) is 6.44. The Labute approximate surface area is 115 Å². The minimum absolute atomic E-state index is 0.0711. The lowest BCUT2D eigenvalue weighted by Gasteiger charge is -2.44. The van der Waals surface area contributed by atoms with Crippen LogP contribution in [0.4, 0.5) is 0 Å². The van der Waals surface area contributed by atoms with E-state index in [1.165, 1.54) is 25.7 Å². The number of hydrogen-bond donors (Lipinski definition) is 1. The Bertz CT molecular complexity index is 418. The van der Waals surface area contributed by atoms with Gasteiger partial charge in [-0.1, -0.05) is 43.2 Å². The minimum Gasteiger partial charge on any atom is -0.385 e. The third-order valence-electron chi connectivity index (χ3n) is 5.16. The van der Waals surface area contributed by atoms with Crippen molar-refractivity contribution < 1.29 is 9.84 Å². The average Bonchev–Trinajstić information content (AvgIpc) is 2.88. The van der Waals surface area contributed by atoms with Crippen LogP contribution in [-0.2, 0) is 10.3 Å². The summed E-state index contributed by atoms with van der Waals surface area (Å²) < 4.78 is 6.08. The van der Waals surface area contributed by atoms with Crippen molar-refractivity contribution in [1.29, 1.82) is 0 Å². The van der Waals surface area contributed by atoms with E-state index in [1.54, 1.807) is 0 Å². The van der Waals surface area contributed by atoms with Gasteiger partial charge in [-0.05, 0) is 44.1 Å². The largest absolute Gasteiger partial charge is 0.385 e. The highest BCUT2D eigenvalue weighted by atomic mass is 16.5. The van der Waals surface area contributed by atoms with E-state index in [0.717, 1.165) is 25.0 Å². The smallest absolute Gasteiger partial charge is 0.0898 e. The summed E-state index contributed by atoms with van der Waals surface area (Å²) in [6.07, 6.45) is 6.88. The minimum atomic E-state index is -0.735. The third kappa shape index (κ3) is 2.44. The molecule has 0 radical (unpaired) electrons. The summed E-state index contributed by atoms with van der Waals surface area (Å²) in [6.45, 7) is 2.77. The lowest BCUT2D eigenvalue weighted by atomic mass is 9.73. The first-order valence-electron chi connectivity index (χ1n) is 7.54. The second kappa shape index (κ2) is 4.92. The molecule has 1 heterocycles. The van der Waals surface area contributed by atoms with Crippen molar-refractivity contribution in [1.82, 2.24) is 0 Å². The second-order valence-corrected chi connectivity index (χ2v) is 6.44. The van der Waals surface area contributed by atoms with Gasteiger partial charge in [0.1, 0.15) is 0 Å². The number of hydrogen-bond acceptors (Lipinski definition) is 2. The van der Waals surface area contributed by atoms with E-state index in [4.69, 9.17) is 4.74 Å². The maximum absolute atomic E-state index is 11.0. The van der Waals surface area contributed by atoms with Crippen LogP contribution in [-0.4, -0.2) is 17.3 Å². The highest BCUT2D eigenvalue weighted by molar-refractivity contribution is 5.23. The molecule has 2 atom stereocenters. The molecule has 1 aliphatic carbocycles. The molecule has 2 nitrogen and oxygen atoms in total. The molecule has 1 N–H and O–H groups in total. The molecule has 2 fully saturated rings. The van der Waals surface area contributed by atoms with E-state index < -0.39 is 5.60 Å². The van der Waals surface area contributed by atoms with Crippen molar-refractivity contribution in [2.75, 3.05) is 6.61 Å². The van der Waals surface area contributed by atoms with E-state index in [9.17, 15) is 5.11 Å². The van der Waals surface area contributed by atoms with Gasteiger partial charge in [0.05, 0.1) is 11.2 Å². The van der Waals surface area contributed by atoms with E-state index in [1.807, 2.05) is 37.3 Å². The average molecular weight is 260 g/mol. The van der Waals surface area contributed by atoms with Gasteiger partial charge in [0.25, 0.3) is 0 Å². The normalized spacial score (nSPS) is 29.3. The maximum Gasteiger partial charge on any atom is 0.0898 e. The molecule has 19 heavy (non-hydrogen) atoms. The van der Waals surface area contributed by atoms with Crippen molar-refractivity contribution in [3.8, 4) is 0 Å². The van der Waals surface area contributed by atoms with Crippen LogP contribution in [0.25, 0.3) is 0 Å². The topological polar surface area (TPSA) is 29.5 Å². The zero-order chi connectivity index (χ0) is 13.3. The molecular weight excluding hydrogens is 236 g/mol. The van der Waals surface area contributed by atoms with Crippen LogP contribution in [0.15, 0.2) is 30.3 Å². The van der Waals surface area contributed by atoms with Gasteiger partial charge in [-0.25, -0.2) is 0 Å². The SMILES string of the molecule is CC(O)(c1ccccc1)C1CCOC2(CCCC2)C1. The summed E-state index contributed by atoms with van der Waals surface area (Å²) in [4.78, 5) is 0. The molecule has 1 spiro atoms. The van der Waals surface area contributed by atoms with Crippen molar-refractivity contribution in [3.63, 3.8) is 0 Å². The van der Waals surface area contributed by atoms with Gasteiger partial charge in [-0.2, -0.15) is 0 Å². The molecular formula is C17H24O2. The molecule has 1 aromatic carbocycles. The first-order chi connectivity index (χ1) is 9.12. The molecule has 1 aromatic rings. The van der Waals surface area contributed by atoms with E-state index in [-0.39, 0.29) is 5.60 Å². The van der Waals surface area contributed by atoms with Crippen LogP contribution in [0.2, 0.25) is 0 Å². The van der Waals surface area contributed by atoms with Crippen LogP contribution in [0.5, 0.6) is 0 Å². The van der Waals surface area contributed by atoms with E-state index in [0.29, 0.717) is 5.92 Å². The molecule has 0 amide bonds. The number of rotatable bonds is 2. The lowest BCUT2D eigenvalue weighted by Crippen LogP contribution is -2.44. The number of benzene rings is 1. The first-order valence-corrected chi connectivity index (χ1v) is 7.54. The summed E-state index contributed by atoms with van der Waals surface area (Å²) in [7, 11) is 0. The molecule has 1 saturated carbocycles. The van der Waals surface area contributed by atoms with Crippen molar-refractivity contribution in [2.45, 2.75) is 56.7 Å². The van der Waals surface area contributed by atoms with Gasteiger partial charge < -0.3 is 9.84 Å². The molecule has 1 saturated heterocycles. The van der Waals surface area contributed by atoms with Gasteiger partial charge >= 0.3 is 0 Å². The number of aliphatic hydroxyl groups is 1. The number of ether oxygens (including phenoxy) is 1. The van der Waals surface area contributed by atoms with Crippen LogP contribution < -0.4 is 0 Å². The summed E-state index contributed by atoms with van der Waals surface area (Å²) >= 11 is 0. The molecule has 0 aromatic heterocycles. The Balaban J connectivity index is 1.81. The van der Waals surface area contributed by atoms with Crippen molar-refractivity contribution in [3.05, 3.63) is 35.9 Å². The van der Waals surface area contributed by atoms with Crippen LogP contribution in [0.3, 0.4) is 0 Å². The quantitative estimate of drug-likeness (QED) is 0.879. The first kappa shape index (κ1) is 13.1. The van der Waals surface area contributed by atoms with Gasteiger partial charge in [-0.3, -0.25) is 0 Å². The fourth-order valence-corrected chi connectivity index (χ4v) is 3.89. The summed E-state index contributed by atoms with van der Waals surface area (Å²) in [5.74, 6) is 0.307. The van der Waals surface area contributed by atoms with E-state index >= 15 is 0 Å². The molecule has 1 aliphatic heterocycles. The zero-order valence-corrected chi connectivity index (χ0v) is 11.8. The fourth-order valence-electron chi connectivity index (χ4n) is 3.89. The molecule has 0 bridgehead atoms. The predicted molar refractivity (Wildman–Crippen MR) is 75.9 cm³/mol. The van der Waals surface area contributed by atoms with Gasteiger partial charge in [-0.15, -0.1) is 0 Å². The molecule has 2 heteroatoms. The third-order valence-corrected chi connectivity index (χ3v) is 5.16. The molecule has 2 unspecified atom stereocenters. The van der Waals surface area contributed by atoms with Crippen LogP contribution in [0.1, 0.15) is 51.0 Å². The Morgan fingerprint density at radius 2 is 1.89 bits per heavy atom. The van der Waals surface area contributed by atoms with Crippen molar-refractivity contribution >= 4 is 0 Å². The van der Waals surface area contributed by atoms with Gasteiger partial charge in [0, 0.05) is 6.61 Å². The van der Waals surface area contributed by atoms with Gasteiger partial charge in [0.2, 0.25) is 0 Å². The standard InChI is InChI=1S/C17H24O2/c1-16(18,14-7-3-2-4-8-14)15-9-12-19-17(13-15)10-5-6-11-17/h2-4,7-8,15,18H,5-6,9-13H2,1H3. The maximum atomic E-state index is 11.0. The summed E-state index contributed by atoms with van der Waals surface area (Å²) in [5.41, 5.74) is 0.373. The van der Waals surface area contributed by atoms with Gasteiger partial charge in [0.15, 0.2) is 0 Å². The monoisotopic (exact) mass is 260 g/mol. The molecule has 104 valence electrons. The Hall–Kier alpha value is -0.860. The molecule has 3 rings (SSSR count). The Morgan fingerprint density at radius 1 is 1.21 bits per heavy atom. The zero-order valence-electron chi connectivity index (χ0n) is 11.8. The van der Waals surface area contributed by atoms with E-state index in [2.05, 4.69) is 0 Å². The predicted octanol–water partition coefficient (Wildman–Crippen LogP) is 3.63. The van der Waals surface area contributed by atoms with Crippen LogP contribution in [0, 0.1) is 5.92 Å². The highest BCUT2D eigenvalue weighted by Gasteiger charge is 2.45. The van der Waals surface area contributed by atoms with Crippen LogP contribution >= 0.6 is 0 Å². The summed E-state index contributed by atoms with van der Waals surface area (Å²) in [6, 6.07) is 10.1. The Kier molecular flexibility index (Phi) is 3.40. The van der Waals surface area contributed by atoms with Crippen molar-refractivity contribution in [2.24, 2.45) is 5.92 Å². The molecule has 2 aliphatic rings. The fraction of sp³-hybridized carbons (Fsp3) is 0.647. The Morgan fingerprint density at radius 3 is 2.58 bits per heavy atom. The highest BCUT2D eigenvalue weighted by Crippen LogP contribution is 2.47.